The first kappa shape index (κ1) is 16.0. The highest BCUT2D eigenvalue weighted by Crippen LogP contribution is 2.12. The maximum absolute atomic E-state index is 5.76. The third-order valence-corrected chi connectivity index (χ3v) is 3.48. The highest BCUT2D eigenvalue weighted by atomic mass is 16.5. The first-order valence-corrected chi connectivity index (χ1v) is 7.29. The molecule has 0 saturated heterocycles. The maximum atomic E-state index is 5.76. The molecule has 3 nitrogen and oxygen atoms in total. The topological polar surface area (TPSA) is 47.3 Å². The normalized spacial score (nSPS) is 12.7. The number of benzene rings is 1. The molecule has 3 heteroatoms. The molecule has 19 heavy (non-hydrogen) atoms. The van der Waals surface area contributed by atoms with Gasteiger partial charge in [0.2, 0.25) is 0 Å². The van der Waals surface area contributed by atoms with Gasteiger partial charge in [-0.05, 0) is 62.5 Å². The van der Waals surface area contributed by atoms with E-state index in [4.69, 9.17) is 10.5 Å². The average Bonchev–Trinajstić information content (AvgIpc) is 2.40. The summed E-state index contributed by atoms with van der Waals surface area (Å²) in [5.41, 5.74) is 7.10. The van der Waals surface area contributed by atoms with Crippen LogP contribution in [0.4, 0.5) is 0 Å². The summed E-state index contributed by atoms with van der Waals surface area (Å²) >= 11 is 0. The van der Waals surface area contributed by atoms with Crippen molar-refractivity contribution in [3.8, 4) is 5.75 Å². The zero-order valence-corrected chi connectivity index (χ0v) is 12.5. The second-order valence-corrected chi connectivity index (χ2v) is 5.27. The van der Waals surface area contributed by atoms with E-state index in [1.54, 1.807) is 0 Å². The Hall–Kier alpha value is -1.06. The van der Waals surface area contributed by atoms with Crippen molar-refractivity contribution in [1.29, 1.82) is 0 Å². The van der Waals surface area contributed by atoms with Gasteiger partial charge in [0.1, 0.15) is 5.75 Å². The number of rotatable bonds is 9. The van der Waals surface area contributed by atoms with Crippen LogP contribution in [0.15, 0.2) is 24.3 Å². The third-order valence-electron chi connectivity index (χ3n) is 3.48. The molecule has 0 saturated carbocycles. The Balaban J connectivity index is 2.25. The van der Waals surface area contributed by atoms with Crippen LogP contribution in [0.1, 0.15) is 26.3 Å². The number of nitrogens with two attached hydrogens (primary N) is 1. The summed E-state index contributed by atoms with van der Waals surface area (Å²) in [4.78, 5) is 0. The van der Waals surface area contributed by atoms with Gasteiger partial charge in [0.25, 0.3) is 0 Å². The Morgan fingerprint density at radius 2 is 1.89 bits per heavy atom. The molecule has 1 rings (SSSR count). The number of hydrogen-bond donors (Lipinski definition) is 2. The molecular formula is C16H28N2O. The monoisotopic (exact) mass is 264 g/mol. The van der Waals surface area contributed by atoms with E-state index in [0.717, 1.165) is 38.4 Å². The predicted molar refractivity (Wildman–Crippen MR) is 81.6 cm³/mol. The molecule has 1 atom stereocenters. The number of ether oxygens (including phenoxy) is 1. The lowest BCUT2D eigenvalue weighted by atomic mass is 9.96. The van der Waals surface area contributed by atoms with Crippen LogP contribution >= 0.6 is 0 Å². The van der Waals surface area contributed by atoms with Gasteiger partial charge in [0.15, 0.2) is 0 Å². The molecule has 0 aliphatic heterocycles. The molecule has 1 unspecified atom stereocenters. The molecule has 0 spiro atoms. The summed E-state index contributed by atoms with van der Waals surface area (Å²) in [6.45, 7) is 9.93. The molecule has 0 aliphatic rings. The summed E-state index contributed by atoms with van der Waals surface area (Å²) in [5.74, 6) is 2.16. The average molecular weight is 264 g/mol. The van der Waals surface area contributed by atoms with Gasteiger partial charge >= 0.3 is 0 Å². The molecule has 0 heterocycles. The quantitative estimate of drug-likeness (QED) is 0.674. The van der Waals surface area contributed by atoms with E-state index in [9.17, 15) is 0 Å². The molecule has 0 amide bonds. The van der Waals surface area contributed by atoms with E-state index in [0.29, 0.717) is 11.8 Å². The lowest BCUT2D eigenvalue weighted by Crippen LogP contribution is -2.32. The summed E-state index contributed by atoms with van der Waals surface area (Å²) in [6.07, 6.45) is 1.04. The molecule has 0 radical (unpaired) electrons. The third kappa shape index (κ3) is 6.08. The molecule has 0 fully saturated rings. The molecule has 1 aromatic rings. The zero-order chi connectivity index (χ0) is 14.1. The van der Waals surface area contributed by atoms with Gasteiger partial charge in [-0.2, -0.15) is 0 Å². The second kappa shape index (κ2) is 8.94. The predicted octanol–water partition coefficient (Wildman–Crippen LogP) is 2.45. The highest BCUT2D eigenvalue weighted by Gasteiger charge is 2.10. The number of nitrogens with one attached hydrogen (secondary N) is 1. The van der Waals surface area contributed by atoms with Gasteiger partial charge in [-0.15, -0.1) is 0 Å². The minimum absolute atomic E-state index is 0.570. The van der Waals surface area contributed by atoms with Crippen LogP contribution in [0.25, 0.3) is 0 Å². The van der Waals surface area contributed by atoms with E-state index in [-0.39, 0.29) is 0 Å². The Kier molecular flexibility index (Phi) is 7.53. The van der Waals surface area contributed by atoms with Crippen molar-refractivity contribution < 1.29 is 4.74 Å². The minimum Gasteiger partial charge on any atom is -0.494 e. The van der Waals surface area contributed by atoms with Crippen LogP contribution in [-0.2, 0) is 6.42 Å². The van der Waals surface area contributed by atoms with E-state index in [2.05, 4.69) is 31.3 Å². The van der Waals surface area contributed by atoms with Crippen LogP contribution in [0.5, 0.6) is 5.75 Å². The molecule has 3 N–H and O–H groups in total. The van der Waals surface area contributed by atoms with Gasteiger partial charge in [0, 0.05) is 0 Å². The maximum Gasteiger partial charge on any atom is 0.119 e. The smallest absolute Gasteiger partial charge is 0.119 e. The lowest BCUT2D eigenvalue weighted by molar-refractivity contribution is 0.340. The first-order chi connectivity index (χ1) is 9.17. The lowest BCUT2D eigenvalue weighted by Gasteiger charge is -2.19. The highest BCUT2D eigenvalue weighted by molar-refractivity contribution is 5.27. The van der Waals surface area contributed by atoms with Crippen LogP contribution in [-0.4, -0.2) is 26.2 Å². The Morgan fingerprint density at radius 3 is 2.42 bits per heavy atom. The van der Waals surface area contributed by atoms with Crippen molar-refractivity contribution in [2.45, 2.75) is 27.2 Å². The molecule has 108 valence electrons. The fourth-order valence-corrected chi connectivity index (χ4v) is 2.03. The van der Waals surface area contributed by atoms with Crippen LogP contribution in [0.3, 0.4) is 0 Å². The summed E-state index contributed by atoms with van der Waals surface area (Å²) in [7, 11) is 0. The van der Waals surface area contributed by atoms with E-state index < -0.39 is 0 Å². The van der Waals surface area contributed by atoms with Gasteiger partial charge in [0.05, 0.1) is 6.61 Å². The molecule has 1 aromatic carbocycles. The van der Waals surface area contributed by atoms with Gasteiger partial charge < -0.3 is 15.8 Å². The fourth-order valence-electron chi connectivity index (χ4n) is 2.03. The molecular weight excluding hydrogens is 236 g/mol. The van der Waals surface area contributed by atoms with E-state index >= 15 is 0 Å². The van der Waals surface area contributed by atoms with E-state index in [1.807, 2.05) is 19.1 Å². The van der Waals surface area contributed by atoms with Crippen molar-refractivity contribution in [3.05, 3.63) is 29.8 Å². The molecule has 0 aliphatic carbocycles. The Labute approximate surface area is 117 Å². The van der Waals surface area contributed by atoms with Gasteiger partial charge in [-0.3, -0.25) is 0 Å². The van der Waals surface area contributed by atoms with Crippen molar-refractivity contribution >= 4 is 0 Å². The van der Waals surface area contributed by atoms with Gasteiger partial charge in [-0.1, -0.05) is 26.0 Å². The standard InChI is InChI=1S/C16H28N2O/c1-4-19-16-7-5-14(6-8-16)9-10-18-12-15(11-17)13(2)3/h5-8,13,15,18H,4,9-12,17H2,1-3H3. The summed E-state index contributed by atoms with van der Waals surface area (Å²) < 4.78 is 5.43. The van der Waals surface area contributed by atoms with Gasteiger partial charge in [-0.25, -0.2) is 0 Å². The van der Waals surface area contributed by atoms with Crippen molar-refractivity contribution in [3.63, 3.8) is 0 Å². The van der Waals surface area contributed by atoms with E-state index in [1.165, 1.54) is 5.56 Å². The minimum atomic E-state index is 0.570. The van der Waals surface area contributed by atoms with Crippen molar-refractivity contribution in [2.24, 2.45) is 17.6 Å². The van der Waals surface area contributed by atoms with Crippen LogP contribution in [0, 0.1) is 11.8 Å². The van der Waals surface area contributed by atoms with Crippen molar-refractivity contribution in [1.82, 2.24) is 5.32 Å². The molecule has 0 aromatic heterocycles. The fraction of sp³-hybridized carbons (Fsp3) is 0.625. The van der Waals surface area contributed by atoms with Crippen LogP contribution in [0.2, 0.25) is 0 Å². The van der Waals surface area contributed by atoms with Crippen molar-refractivity contribution in [2.75, 3.05) is 26.2 Å². The first-order valence-electron chi connectivity index (χ1n) is 7.29. The number of hydrogen-bond acceptors (Lipinski definition) is 3. The SMILES string of the molecule is CCOc1ccc(CCNCC(CN)C(C)C)cc1. The zero-order valence-electron chi connectivity index (χ0n) is 12.5. The largest absolute Gasteiger partial charge is 0.494 e. The Bertz CT molecular complexity index is 335. The van der Waals surface area contributed by atoms with Crippen LogP contribution < -0.4 is 15.8 Å². The summed E-state index contributed by atoms with van der Waals surface area (Å²) in [5, 5.41) is 3.49. The Morgan fingerprint density at radius 1 is 1.21 bits per heavy atom. The summed E-state index contributed by atoms with van der Waals surface area (Å²) in [6, 6.07) is 8.34. The molecule has 0 bridgehead atoms. The second-order valence-electron chi connectivity index (χ2n) is 5.27.